The average molecular weight is 265 g/mol. The van der Waals surface area contributed by atoms with Crippen LogP contribution in [0.3, 0.4) is 0 Å². The van der Waals surface area contributed by atoms with Crippen LogP contribution in [0.15, 0.2) is 36.4 Å². The summed E-state index contributed by atoms with van der Waals surface area (Å²) in [6.07, 6.45) is 3.38. The summed E-state index contributed by atoms with van der Waals surface area (Å²) >= 11 is 0. The van der Waals surface area contributed by atoms with E-state index >= 15 is 0 Å². The second kappa shape index (κ2) is 4.95. The van der Waals surface area contributed by atoms with Crippen LogP contribution in [-0.2, 0) is 19.4 Å². The van der Waals surface area contributed by atoms with E-state index in [0.29, 0.717) is 0 Å². The van der Waals surface area contributed by atoms with Crippen molar-refractivity contribution in [1.29, 1.82) is 0 Å². The fraction of sp³-hybridized carbons (Fsp3) is 0.333. The average Bonchev–Trinajstić information content (AvgIpc) is 2.54. The molecule has 0 aromatic heterocycles. The van der Waals surface area contributed by atoms with Crippen molar-refractivity contribution in [1.82, 2.24) is 5.32 Å². The van der Waals surface area contributed by atoms with Crippen molar-refractivity contribution >= 4 is 0 Å². The van der Waals surface area contributed by atoms with Gasteiger partial charge in [-0.1, -0.05) is 36.4 Å². The Morgan fingerprint density at radius 1 is 0.900 bits per heavy atom. The van der Waals surface area contributed by atoms with Gasteiger partial charge in [0, 0.05) is 12.1 Å². The lowest BCUT2D eigenvalue weighted by Gasteiger charge is -2.24. The Hall–Kier alpha value is -1.80. The molecular weight excluding hydrogens is 246 g/mol. The van der Waals surface area contributed by atoms with Gasteiger partial charge in [-0.2, -0.15) is 0 Å². The maximum atomic E-state index is 5.98. The quantitative estimate of drug-likeness (QED) is 0.854. The largest absolute Gasteiger partial charge is 0.493 e. The molecule has 0 saturated heterocycles. The van der Waals surface area contributed by atoms with Crippen molar-refractivity contribution in [3.05, 3.63) is 53.1 Å². The number of hydrogen-bond donors (Lipinski definition) is 1. The standard InChI is InChI=1S/C18H19NO/c1-4-13-6-3-11-20-18(13)17(8-1)16-7-2-5-14-12-19-10-9-15(14)16/h1-2,4-5,7-8,19H,3,6,9-12H2. The highest BCUT2D eigenvalue weighted by atomic mass is 16.5. The molecule has 2 heterocycles. The number of ether oxygens (including phenoxy) is 1. The minimum Gasteiger partial charge on any atom is -0.493 e. The fourth-order valence-corrected chi connectivity index (χ4v) is 3.39. The minimum absolute atomic E-state index is 0.848. The third-order valence-electron chi connectivity index (χ3n) is 4.36. The summed E-state index contributed by atoms with van der Waals surface area (Å²) in [6, 6.07) is 13.2. The Labute approximate surface area is 119 Å². The van der Waals surface area contributed by atoms with Crippen LogP contribution in [-0.4, -0.2) is 13.2 Å². The number of aryl methyl sites for hydroxylation is 1. The highest BCUT2D eigenvalue weighted by Gasteiger charge is 2.19. The van der Waals surface area contributed by atoms with E-state index in [9.17, 15) is 0 Å². The van der Waals surface area contributed by atoms with Crippen molar-refractivity contribution in [3.8, 4) is 16.9 Å². The van der Waals surface area contributed by atoms with E-state index in [2.05, 4.69) is 41.7 Å². The summed E-state index contributed by atoms with van der Waals surface area (Å²) in [7, 11) is 0. The van der Waals surface area contributed by atoms with E-state index in [4.69, 9.17) is 4.74 Å². The summed E-state index contributed by atoms with van der Waals surface area (Å²) < 4.78 is 5.98. The molecule has 2 heteroatoms. The summed E-state index contributed by atoms with van der Waals surface area (Å²) in [4.78, 5) is 0. The molecule has 0 unspecified atom stereocenters. The van der Waals surface area contributed by atoms with Crippen molar-refractivity contribution < 1.29 is 4.74 Å². The van der Waals surface area contributed by atoms with Crippen LogP contribution in [0, 0.1) is 0 Å². The smallest absolute Gasteiger partial charge is 0.130 e. The minimum atomic E-state index is 0.848. The molecular formula is C18H19NO. The lowest BCUT2D eigenvalue weighted by Crippen LogP contribution is -2.24. The van der Waals surface area contributed by atoms with E-state index in [1.54, 1.807) is 0 Å². The zero-order chi connectivity index (χ0) is 13.4. The summed E-state index contributed by atoms with van der Waals surface area (Å²) in [5, 5.41) is 3.45. The predicted molar refractivity (Wildman–Crippen MR) is 81.1 cm³/mol. The van der Waals surface area contributed by atoms with Gasteiger partial charge in [0.05, 0.1) is 6.61 Å². The van der Waals surface area contributed by atoms with Gasteiger partial charge in [-0.15, -0.1) is 0 Å². The van der Waals surface area contributed by atoms with E-state index < -0.39 is 0 Å². The van der Waals surface area contributed by atoms with Gasteiger partial charge in [0.25, 0.3) is 0 Å². The van der Waals surface area contributed by atoms with Gasteiger partial charge in [-0.05, 0) is 48.1 Å². The Bertz CT molecular complexity index is 590. The summed E-state index contributed by atoms with van der Waals surface area (Å²) in [6.45, 7) is 2.90. The van der Waals surface area contributed by atoms with E-state index in [0.717, 1.165) is 44.7 Å². The van der Waals surface area contributed by atoms with Crippen molar-refractivity contribution in [2.24, 2.45) is 0 Å². The summed E-state index contributed by atoms with van der Waals surface area (Å²) in [5.74, 6) is 1.12. The number of benzene rings is 2. The molecule has 102 valence electrons. The van der Waals surface area contributed by atoms with Crippen molar-refractivity contribution in [2.75, 3.05) is 13.2 Å². The highest BCUT2D eigenvalue weighted by Crippen LogP contribution is 2.39. The van der Waals surface area contributed by atoms with Crippen LogP contribution >= 0.6 is 0 Å². The molecule has 0 bridgehead atoms. The molecule has 2 aromatic rings. The second-order valence-corrected chi connectivity index (χ2v) is 5.62. The number of rotatable bonds is 1. The molecule has 2 aromatic carbocycles. The number of fused-ring (bicyclic) bond motifs is 2. The predicted octanol–water partition coefficient (Wildman–Crippen LogP) is 3.32. The van der Waals surface area contributed by atoms with Crippen molar-refractivity contribution in [3.63, 3.8) is 0 Å². The van der Waals surface area contributed by atoms with Gasteiger partial charge in [0.2, 0.25) is 0 Å². The first-order valence-corrected chi connectivity index (χ1v) is 7.50. The lowest BCUT2D eigenvalue weighted by atomic mass is 9.89. The molecule has 0 saturated carbocycles. The molecule has 0 atom stereocenters. The normalized spacial score (nSPS) is 17.0. The van der Waals surface area contributed by atoms with Gasteiger partial charge in [0.15, 0.2) is 0 Å². The zero-order valence-electron chi connectivity index (χ0n) is 11.6. The molecule has 2 aliphatic rings. The highest BCUT2D eigenvalue weighted by molar-refractivity contribution is 5.76. The van der Waals surface area contributed by atoms with Crippen LogP contribution < -0.4 is 10.1 Å². The van der Waals surface area contributed by atoms with Crippen LogP contribution in [0.4, 0.5) is 0 Å². The van der Waals surface area contributed by atoms with Crippen molar-refractivity contribution in [2.45, 2.75) is 25.8 Å². The molecule has 4 rings (SSSR count). The monoisotopic (exact) mass is 265 g/mol. The number of para-hydroxylation sites is 1. The maximum absolute atomic E-state index is 5.98. The second-order valence-electron chi connectivity index (χ2n) is 5.62. The number of hydrogen-bond acceptors (Lipinski definition) is 2. The van der Waals surface area contributed by atoms with E-state index in [-0.39, 0.29) is 0 Å². The first-order chi connectivity index (χ1) is 9.93. The SMILES string of the molecule is c1cc2c(c(-c3cccc4c3OCCC4)c1)CCNC2. The summed E-state index contributed by atoms with van der Waals surface area (Å²) in [5.41, 5.74) is 6.93. The van der Waals surface area contributed by atoms with Gasteiger partial charge in [-0.25, -0.2) is 0 Å². The molecule has 2 aliphatic heterocycles. The van der Waals surface area contributed by atoms with Crippen LogP contribution in [0.5, 0.6) is 5.75 Å². The van der Waals surface area contributed by atoms with Gasteiger partial charge >= 0.3 is 0 Å². The van der Waals surface area contributed by atoms with Crippen LogP contribution in [0.25, 0.3) is 11.1 Å². The topological polar surface area (TPSA) is 21.3 Å². The molecule has 2 nitrogen and oxygen atoms in total. The molecule has 20 heavy (non-hydrogen) atoms. The van der Waals surface area contributed by atoms with E-state index in [1.807, 2.05) is 0 Å². The molecule has 0 radical (unpaired) electrons. The molecule has 0 spiro atoms. The van der Waals surface area contributed by atoms with Gasteiger partial charge in [0.1, 0.15) is 5.75 Å². The fourth-order valence-electron chi connectivity index (χ4n) is 3.39. The molecule has 0 fully saturated rings. The Morgan fingerprint density at radius 3 is 2.70 bits per heavy atom. The van der Waals surface area contributed by atoms with Gasteiger partial charge < -0.3 is 10.1 Å². The molecule has 0 amide bonds. The van der Waals surface area contributed by atoms with Crippen LogP contribution in [0.2, 0.25) is 0 Å². The Morgan fingerprint density at radius 2 is 1.75 bits per heavy atom. The molecule has 0 aliphatic carbocycles. The maximum Gasteiger partial charge on any atom is 0.130 e. The zero-order valence-corrected chi connectivity index (χ0v) is 11.6. The first-order valence-electron chi connectivity index (χ1n) is 7.50. The lowest BCUT2D eigenvalue weighted by molar-refractivity contribution is 0.289. The molecule has 1 N–H and O–H groups in total. The van der Waals surface area contributed by atoms with E-state index in [1.165, 1.54) is 27.8 Å². The Balaban J connectivity index is 1.90. The van der Waals surface area contributed by atoms with Gasteiger partial charge in [-0.3, -0.25) is 0 Å². The third-order valence-corrected chi connectivity index (χ3v) is 4.36. The third kappa shape index (κ3) is 1.92. The first kappa shape index (κ1) is 12.0. The Kier molecular flexibility index (Phi) is 2.96. The van der Waals surface area contributed by atoms with Crippen LogP contribution in [0.1, 0.15) is 23.1 Å². The number of nitrogens with one attached hydrogen (secondary N) is 1.